The SMILES string of the molecule is Cc1ccsc1Cn1nccc1NC(=O)[C@H]1CC(=O)N(c2ccc3c(c2)OCCO3)C1. The Labute approximate surface area is 183 Å². The monoisotopic (exact) mass is 438 g/mol. The molecule has 1 fully saturated rings. The molecule has 0 radical (unpaired) electrons. The van der Waals surface area contributed by atoms with Crippen LogP contribution < -0.4 is 19.7 Å². The third-order valence-electron chi connectivity index (χ3n) is 5.56. The minimum Gasteiger partial charge on any atom is -0.486 e. The van der Waals surface area contributed by atoms with Gasteiger partial charge in [-0.2, -0.15) is 5.10 Å². The fourth-order valence-corrected chi connectivity index (χ4v) is 4.72. The normalized spacial score (nSPS) is 17.8. The summed E-state index contributed by atoms with van der Waals surface area (Å²) in [5.41, 5.74) is 1.91. The number of thiophene rings is 1. The lowest BCUT2D eigenvalue weighted by Gasteiger charge is -2.22. The molecule has 1 saturated heterocycles. The number of nitrogens with zero attached hydrogens (tertiary/aromatic N) is 3. The molecular formula is C22H22N4O4S. The van der Waals surface area contributed by atoms with Gasteiger partial charge in [-0.05, 0) is 36.1 Å². The largest absolute Gasteiger partial charge is 0.486 e. The van der Waals surface area contributed by atoms with Gasteiger partial charge in [0.05, 0.1) is 18.7 Å². The number of benzene rings is 1. The Kier molecular flexibility index (Phi) is 5.11. The van der Waals surface area contributed by atoms with Gasteiger partial charge in [0, 0.05) is 35.7 Å². The summed E-state index contributed by atoms with van der Waals surface area (Å²) in [6.45, 7) is 3.97. The summed E-state index contributed by atoms with van der Waals surface area (Å²) in [6.07, 6.45) is 1.83. The summed E-state index contributed by atoms with van der Waals surface area (Å²) in [5.74, 6) is 1.22. The number of hydrogen-bond acceptors (Lipinski definition) is 6. The number of aryl methyl sites for hydroxylation is 1. The van der Waals surface area contributed by atoms with E-state index in [1.54, 1.807) is 45.3 Å². The van der Waals surface area contributed by atoms with Crippen molar-refractivity contribution in [3.8, 4) is 11.5 Å². The van der Waals surface area contributed by atoms with Crippen LogP contribution in [0.5, 0.6) is 11.5 Å². The number of ether oxygens (including phenoxy) is 2. The molecule has 0 saturated carbocycles. The molecule has 0 aliphatic carbocycles. The molecular weight excluding hydrogens is 416 g/mol. The zero-order chi connectivity index (χ0) is 21.4. The van der Waals surface area contributed by atoms with Gasteiger partial charge in [0.25, 0.3) is 0 Å². The van der Waals surface area contributed by atoms with E-state index in [4.69, 9.17) is 9.47 Å². The van der Waals surface area contributed by atoms with Gasteiger partial charge in [-0.1, -0.05) is 0 Å². The molecule has 0 unspecified atom stereocenters. The Morgan fingerprint density at radius 2 is 2.06 bits per heavy atom. The molecule has 8 nitrogen and oxygen atoms in total. The van der Waals surface area contributed by atoms with Crippen LogP contribution in [-0.4, -0.2) is 41.4 Å². The molecule has 3 aromatic rings. The standard InChI is InChI=1S/C22H22N4O4S/c1-14-5-9-31-19(14)13-26-20(4-6-23-26)24-22(28)15-10-21(27)25(12-15)16-2-3-17-18(11-16)30-8-7-29-17/h2-6,9,11,15H,7-8,10,12-13H2,1H3,(H,24,28)/t15-/m0/s1. The Morgan fingerprint density at radius 3 is 2.87 bits per heavy atom. The molecule has 160 valence electrons. The predicted octanol–water partition coefficient (Wildman–Crippen LogP) is 3.06. The first-order valence-electron chi connectivity index (χ1n) is 10.1. The summed E-state index contributed by atoms with van der Waals surface area (Å²) in [4.78, 5) is 28.4. The number of anilines is 2. The summed E-state index contributed by atoms with van der Waals surface area (Å²) in [6, 6.07) is 9.26. The molecule has 2 aromatic heterocycles. The molecule has 4 heterocycles. The van der Waals surface area contributed by atoms with Crippen molar-refractivity contribution in [2.24, 2.45) is 5.92 Å². The summed E-state index contributed by atoms with van der Waals surface area (Å²) >= 11 is 1.66. The second-order valence-electron chi connectivity index (χ2n) is 7.62. The first-order chi connectivity index (χ1) is 15.1. The van der Waals surface area contributed by atoms with Crippen LogP contribution in [0.4, 0.5) is 11.5 Å². The Bertz CT molecular complexity index is 1140. The van der Waals surface area contributed by atoms with Crippen molar-refractivity contribution in [2.45, 2.75) is 19.9 Å². The maximum Gasteiger partial charge on any atom is 0.230 e. The first-order valence-corrected chi connectivity index (χ1v) is 11.0. The van der Waals surface area contributed by atoms with Gasteiger partial charge >= 0.3 is 0 Å². The average Bonchev–Trinajstić information content (AvgIpc) is 3.49. The third kappa shape index (κ3) is 3.88. The smallest absolute Gasteiger partial charge is 0.230 e. The Hall–Kier alpha value is -3.33. The van der Waals surface area contributed by atoms with Crippen molar-refractivity contribution in [3.05, 3.63) is 52.3 Å². The number of nitrogens with one attached hydrogen (secondary N) is 1. The van der Waals surface area contributed by atoms with Gasteiger partial charge < -0.3 is 19.7 Å². The Morgan fingerprint density at radius 1 is 1.23 bits per heavy atom. The van der Waals surface area contributed by atoms with Crippen LogP contribution in [0.15, 0.2) is 41.9 Å². The van der Waals surface area contributed by atoms with Crippen LogP contribution in [0, 0.1) is 12.8 Å². The molecule has 0 bridgehead atoms. The zero-order valence-electron chi connectivity index (χ0n) is 17.0. The molecule has 5 rings (SSSR count). The average molecular weight is 439 g/mol. The van der Waals surface area contributed by atoms with E-state index in [9.17, 15) is 9.59 Å². The van der Waals surface area contributed by atoms with Gasteiger partial charge in [-0.25, -0.2) is 4.68 Å². The number of hydrogen-bond donors (Lipinski definition) is 1. The lowest BCUT2D eigenvalue weighted by atomic mass is 10.1. The van der Waals surface area contributed by atoms with Crippen molar-refractivity contribution in [1.29, 1.82) is 0 Å². The van der Waals surface area contributed by atoms with E-state index >= 15 is 0 Å². The lowest BCUT2D eigenvalue weighted by Crippen LogP contribution is -2.29. The first kappa shape index (κ1) is 19.6. The van der Waals surface area contributed by atoms with Crippen molar-refractivity contribution in [1.82, 2.24) is 9.78 Å². The van der Waals surface area contributed by atoms with Crippen LogP contribution in [0.1, 0.15) is 16.9 Å². The predicted molar refractivity (Wildman–Crippen MR) is 117 cm³/mol. The van der Waals surface area contributed by atoms with Gasteiger partial charge in [0.2, 0.25) is 11.8 Å². The summed E-state index contributed by atoms with van der Waals surface area (Å²) < 4.78 is 12.9. The minimum atomic E-state index is -0.437. The number of rotatable bonds is 5. The highest BCUT2D eigenvalue weighted by Gasteiger charge is 2.36. The molecule has 1 atom stereocenters. The molecule has 1 aromatic carbocycles. The topological polar surface area (TPSA) is 85.7 Å². The zero-order valence-corrected chi connectivity index (χ0v) is 17.9. The summed E-state index contributed by atoms with van der Waals surface area (Å²) in [5, 5.41) is 9.33. The van der Waals surface area contributed by atoms with E-state index in [1.165, 1.54) is 10.4 Å². The fourth-order valence-electron chi connectivity index (χ4n) is 3.83. The van der Waals surface area contributed by atoms with Crippen LogP contribution >= 0.6 is 11.3 Å². The van der Waals surface area contributed by atoms with Crippen LogP contribution in [0.3, 0.4) is 0 Å². The maximum atomic E-state index is 12.9. The van der Waals surface area contributed by atoms with E-state index in [2.05, 4.69) is 23.4 Å². The van der Waals surface area contributed by atoms with Crippen LogP contribution in [0.25, 0.3) is 0 Å². The number of carbonyl (C=O) groups excluding carboxylic acids is 2. The highest BCUT2D eigenvalue weighted by molar-refractivity contribution is 7.10. The minimum absolute atomic E-state index is 0.0838. The highest BCUT2D eigenvalue weighted by Crippen LogP contribution is 2.36. The van der Waals surface area contributed by atoms with Gasteiger partial charge in [0.1, 0.15) is 19.0 Å². The van der Waals surface area contributed by atoms with Crippen LogP contribution in [0.2, 0.25) is 0 Å². The molecule has 31 heavy (non-hydrogen) atoms. The number of amides is 2. The second-order valence-corrected chi connectivity index (χ2v) is 8.62. The van der Waals surface area contributed by atoms with Crippen LogP contribution in [-0.2, 0) is 16.1 Å². The van der Waals surface area contributed by atoms with E-state index in [-0.39, 0.29) is 18.2 Å². The van der Waals surface area contributed by atoms with Gasteiger partial charge in [0.15, 0.2) is 11.5 Å². The van der Waals surface area contributed by atoms with E-state index in [0.717, 1.165) is 0 Å². The number of aromatic nitrogens is 2. The van der Waals surface area contributed by atoms with E-state index < -0.39 is 5.92 Å². The van der Waals surface area contributed by atoms with Crippen molar-refractivity contribution in [3.63, 3.8) is 0 Å². The number of carbonyl (C=O) groups is 2. The van der Waals surface area contributed by atoms with E-state index in [1.807, 2.05) is 11.4 Å². The quantitative estimate of drug-likeness (QED) is 0.662. The molecule has 2 aliphatic heterocycles. The van der Waals surface area contributed by atoms with Crippen molar-refractivity contribution < 1.29 is 19.1 Å². The van der Waals surface area contributed by atoms with Crippen molar-refractivity contribution >= 4 is 34.7 Å². The second kappa shape index (κ2) is 8.07. The molecule has 0 spiro atoms. The van der Waals surface area contributed by atoms with E-state index in [0.29, 0.717) is 49.3 Å². The fraction of sp³-hybridized carbons (Fsp3) is 0.318. The maximum absolute atomic E-state index is 12.9. The molecule has 1 N–H and O–H groups in total. The third-order valence-corrected chi connectivity index (χ3v) is 6.57. The Balaban J connectivity index is 1.27. The lowest BCUT2D eigenvalue weighted by molar-refractivity contribution is -0.122. The highest BCUT2D eigenvalue weighted by atomic mass is 32.1. The number of fused-ring (bicyclic) bond motifs is 1. The summed E-state index contributed by atoms with van der Waals surface area (Å²) in [7, 11) is 0. The molecule has 2 aliphatic rings. The van der Waals surface area contributed by atoms with Crippen molar-refractivity contribution in [2.75, 3.05) is 30.0 Å². The molecule has 2 amide bonds. The van der Waals surface area contributed by atoms with Gasteiger partial charge in [-0.3, -0.25) is 9.59 Å². The molecule has 9 heteroatoms. The van der Waals surface area contributed by atoms with Gasteiger partial charge in [-0.15, -0.1) is 11.3 Å².